The van der Waals surface area contributed by atoms with Crippen LogP contribution in [0.1, 0.15) is 22.6 Å². The zero-order valence-electron chi connectivity index (χ0n) is 9.63. The Labute approximate surface area is 103 Å². The first kappa shape index (κ1) is 12.2. The Bertz CT molecular complexity index is 512. The van der Waals surface area contributed by atoms with Crippen LogP contribution in [0, 0.1) is 0 Å². The quantitative estimate of drug-likeness (QED) is 0.708. The van der Waals surface area contributed by atoms with E-state index in [1.165, 1.54) is 0 Å². The van der Waals surface area contributed by atoms with Gasteiger partial charge in [-0.3, -0.25) is 4.79 Å². The van der Waals surface area contributed by atoms with Crippen LogP contribution in [0.25, 0.3) is 0 Å². The van der Waals surface area contributed by atoms with Gasteiger partial charge in [-0.05, 0) is 35.8 Å². The van der Waals surface area contributed by atoms with Crippen LogP contribution in [0.15, 0.2) is 24.3 Å². The molecule has 0 aliphatic heterocycles. The number of nitrogens with one attached hydrogen (secondary N) is 2. The molecule has 0 fully saturated rings. The molecular weight excluding hydrogens is 234 g/mol. The van der Waals surface area contributed by atoms with Crippen molar-refractivity contribution in [1.29, 1.82) is 0 Å². The molecule has 0 saturated carbocycles. The molecule has 1 aromatic carbocycles. The van der Waals surface area contributed by atoms with Crippen LogP contribution in [0.3, 0.4) is 0 Å². The van der Waals surface area contributed by atoms with Crippen LogP contribution >= 0.6 is 0 Å². The molecule has 0 spiro atoms. The summed E-state index contributed by atoms with van der Waals surface area (Å²) in [6.45, 7) is 0.152. The number of aliphatic hydroxyl groups excluding tert-OH is 1. The monoisotopic (exact) mass is 247 g/mol. The summed E-state index contributed by atoms with van der Waals surface area (Å²) in [5.41, 5.74) is 1.72. The third-order valence-corrected chi connectivity index (χ3v) is 2.36. The minimum atomic E-state index is -0.414. The van der Waals surface area contributed by atoms with Crippen molar-refractivity contribution in [3.8, 4) is 0 Å². The molecule has 0 aliphatic rings. The smallest absolute Gasteiger partial charge is 0.297 e. The maximum absolute atomic E-state index is 11.7. The van der Waals surface area contributed by atoms with Gasteiger partial charge in [0.05, 0.1) is 0 Å². The first-order chi connectivity index (χ1) is 8.79. The summed E-state index contributed by atoms with van der Waals surface area (Å²) >= 11 is 0. The lowest BCUT2D eigenvalue weighted by molar-refractivity contribution is 0.101. The Balaban J connectivity index is 2.03. The fraction of sp³-hybridized carbons (Fsp3) is 0.273. The van der Waals surface area contributed by atoms with E-state index in [4.69, 9.17) is 5.11 Å². The molecule has 7 heteroatoms. The van der Waals surface area contributed by atoms with Gasteiger partial charge in [0.15, 0.2) is 0 Å². The zero-order valence-corrected chi connectivity index (χ0v) is 9.63. The molecule has 2 aromatic rings. The maximum atomic E-state index is 11.7. The van der Waals surface area contributed by atoms with E-state index in [1.807, 2.05) is 18.2 Å². The van der Waals surface area contributed by atoms with Crippen molar-refractivity contribution in [2.45, 2.75) is 12.8 Å². The summed E-state index contributed by atoms with van der Waals surface area (Å²) in [5, 5.41) is 24.2. The van der Waals surface area contributed by atoms with Crippen molar-refractivity contribution in [2.75, 3.05) is 11.9 Å². The van der Waals surface area contributed by atoms with Crippen LogP contribution < -0.4 is 5.32 Å². The number of carbonyl (C=O) groups excluding carboxylic acids is 1. The largest absolute Gasteiger partial charge is 0.396 e. The second-order valence-corrected chi connectivity index (χ2v) is 3.72. The number of tetrazole rings is 1. The zero-order chi connectivity index (χ0) is 12.8. The number of H-pyrrole nitrogens is 1. The number of benzene rings is 1. The molecule has 0 atom stereocenters. The fourth-order valence-electron chi connectivity index (χ4n) is 1.53. The Kier molecular flexibility index (Phi) is 3.98. The van der Waals surface area contributed by atoms with Crippen molar-refractivity contribution in [3.63, 3.8) is 0 Å². The van der Waals surface area contributed by atoms with Gasteiger partial charge in [-0.25, -0.2) is 0 Å². The van der Waals surface area contributed by atoms with Crippen molar-refractivity contribution in [3.05, 3.63) is 35.7 Å². The van der Waals surface area contributed by atoms with Crippen molar-refractivity contribution in [2.24, 2.45) is 0 Å². The third kappa shape index (κ3) is 3.11. The number of anilines is 1. The molecule has 0 unspecified atom stereocenters. The lowest BCUT2D eigenvalue weighted by Crippen LogP contribution is -2.14. The van der Waals surface area contributed by atoms with E-state index in [0.717, 1.165) is 12.0 Å². The summed E-state index contributed by atoms with van der Waals surface area (Å²) in [5.74, 6) is -0.418. The molecule has 1 aromatic heterocycles. The van der Waals surface area contributed by atoms with Gasteiger partial charge in [0, 0.05) is 12.3 Å². The Morgan fingerprint density at radius 2 is 2.33 bits per heavy atom. The Hall–Kier alpha value is -2.28. The van der Waals surface area contributed by atoms with Gasteiger partial charge < -0.3 is 10.4 Å². The number of aromatic nitrogens is 4. The van der Waals surface area contributed by atoms with Crippen LogP contribution in [0.4, 0.5) is 5.69 Å². The molecule has 94 valence electrons. The van der Waals surface area contributed by atoms with E-state index < -0.39 is 5.91 Å². The topological polar surface area (TPSA) is 104 Å². The molecule has 18 heavy (non-hydrogen) atoms. The molecule has 1 amide bonds. The first-order valence-corrected chi connectivity index (χ1v) is 5.54. The predicted molar refractivity (Wildman–Crippen MR) is 64.0 cm³/mol. The molecule has 0 radical (unpaired) electrons. The predicted octanol–water partition coefficient (Wildman–Crippen LogP) is 0.377. The summed E-state index contributed by atoms with van der Waals surface area (Å²) in [6, 6.07) is 7.42. The number of hydrogen-bond donors (Lipinski definition) is 3. The number of aliphatic hydroxyl groups is 1. The highest BCUT2D eigenvalue weighted by molar-refractivity contribution is 6.01. The maximum Gasteiger partial charge on any atom is 0.297 e. The number of carbonyl (C=O) groups is 1. The van der Waals surface area contributed by atoms with E-state index in [0.29, 0.717) is 12.1 Å². The van der Waals surface area contributed by atoms with E-state index in [9.17, 15) is 4.79 Å². The molecule has 7 nitrogen and oxygen atoms in total. The second kappa shape index (κ2) is 5.87. The highest BCUT2D eigenvalue weighted by Crippen LogP contribution is 2.12. The fourth-order valence-corrected chi connectivity index (χ4v) is 1.53. The average molecular weight is 247 g/mol. The summed E-state index contributed by atoms with van der Waals surface area (Å²) in [4.78, 5) is 11.7. The Morgan fingerprint density at radius 1 is 1.44 bits per heavy atom. The van der Waals surface area contributed by atoms with E-state index in [-0.39, 0.29) is 12.4 Å². The molecule has 2 rings (SSSR count). The van der Waals surface area contributed by atoms with Gasteiger partial charge in [-0.1, -0.05) is 12.1 Å². The number of amides is 1. The van der Waals surface area contributed by atoms with Gasteiger partial charge in [0.1, 0.15) is 0 Å². The number of hydrogen-bond acceptors (Lipinski definition) is 5. The van der Waals surface area contributed by atoms with Crippen molar-refractivity contribution < 1.29 is 9.90 Å². The second-order valence-electron chi connectivity index (χ2n) is 3.72. The normalized spacial score (nSPS) is 10.3. The number of nitrogens with zero attached hydrogens (tertiary/aromatic N) is 3. The minimum Gasteiger partial charge on any atom is -0.396 e. The van der Waals surface area contributed by atoms with Crippen LogP contribution in [0.5, 0.6) is 0 Å². The Morgan fingerprint density at radius 3 is 3.06 bits per heavy atom. The molecule has 0 saturated heterocycles. The lowest BCUT2D eigenvalue weighted by Gasteiger charge is -2.05. The summed E-state index contributed by atoms with van der Waals surface area (Å²) in [6.07, 6.45) is 1.46. The molecule has 3 N–H and O–H groups in total. The summed E-state index contributed by atoms with van der Waals surface area (Å²) in [7, 11) is 0. The van der Waals surface area contributed by atoms with Gasteiger partial charge in [-0.15, -0.1) is 10.2 Å². The highest BCUT2D eigenvalue weighted by atomic mass is 16.2. The molecule has 0 aliphatic carbocycles. The average Bonchev–Trinajstić information content (AvgIpc) is 2.91. The first-order valence-electron chi connectivity index (χ1n) is 5.54. The molecule has 0 bridgehead atoms. The van der Waals surface area contributed by atoms with Gasteiger partial charge in [0.2, 0.25) is 0 Å². The lowest BCUT2D eigenvalue weighted by atomic mass is 10.1. The van der Waals surface area contributed by atoms with E-state index >= 15 is 0 Å². The molecule has 1 heterocycles. The number of aryl methyl sites for hydroxylation is 1. The van der Waals surface area contributed by atoms with Crippen molar-refractivity contribution >= 4 is 11.6 Å². The third-order valence-electron chi connectivity index (χ3n) is 2.36. The van der Waals surface area contributed by atoms with E-state index in [1.54, 1.807) is 6.07 Å². The van der Waals surface area contributed by atoms with Crippen LogP contribution in [0.2, 0.25) is 0 Å². The van der Waals surface area contributed by atoms with Gasteiger partial charge >= 0.3 is 0 Å². The number of rotatable bonds is 5. The molecular formula is C11H13N5O2. The van der Waals surface area contributed by atoms with Crippen molar-refractivity contribution in [1.82, 2.24) is 20.6 Å². The minimum absolute atomic E-state index is 0.00392. The number of aromatic amines is 1. The van der Waals surface area contributed by atoms with E-state index in [2.05, 4.69) is 25.9 Å². The SMILES string of the molecule is O=C(Nc1cccc(CCCO)c1)c1nn[nH]n1. The van der Waals surface area contributed by atoms with Crippen LogP contribution in [-0.2, 0) is 6.42 Å². The van der Waals surface area contributed by atoms with Gasteiger partial charge in [-0.2, -0.15) is 5.21 Å². The highest BCUT2D eigenvalue weighted by Gasteiger charge is 2.10. The van der Waals surface area contributed by atoms with Crippen LogP contribution in [-0.4, -0.2) is 38.2 Å². The summed E-state index contributed by atoms with van der Waals surface area (Å²) < 4.78 is 0. The standard InChI is InChI=1S/C11H13N5O2/c17-6-2-4-8-3-1-5-9(7-8)12-11(18)10-13-15-16-14-10/h1,3,5,7,17H,2,4,6H2,(H,12,18)(H,13,14,15,16). The van der Waals surface area contributed by atoms with Gasteiger partial charge in [0.25, 0.3) is 11.7 Å².